The van der Waals surface area contributed by atoms with Gasteiger partial charge in [0.2, 0.25) is 0 Å². The number of carbonyl (C=O) groups excluding carboxylic acids is 1. The second-order valence-electron chi connectivity index (χ2n) is 7.19. The zero-order valence-electron chi connectivity index (χ0n) is 15.8. The summed E-state index contributed by atoms with van der Waals surface area (Å²) in [6.45, 7) is 5.25. The van der Waals surface area contributed by atoms with Gasteiger partial charge in [-0.1, -0.05) is 30.3 Å². The normalized spacial score (nSPS) is 15.1. The molecular formula is C21H26N2O4. The highest BCUT2D eigenvalue weighted by Crippen LogP contribution is 2.29. The first-order valence-electron chi connectivity index (χ1n) is 9.38. The lowest BCUT2D eigenvalue weighted by atomic mass is 9.97. The number of nitrogens with zero attached hydrogens (tertiary/aromatic N) is 1. The molecule has 2 aromatic rings. The van der Waals surface area contributed by atoms with Gasteiger partial charge in [-0.05, 0) is 43.5 Å². The molecule has 3 rings (SSSR count). The van der Waals surface area contributed by atoms with Gasteiger partial charge in [0.1, 0.15) is 5.75 Å². The molecule has 0 radical (unpaired) electrons. The maximum Gasteiger partial charge on any atom is 0.317 e. The first kappa shape index (κ1) is 19.0. The van der Waals surface area contributed by atoms with Crippen molar-refractivity contribution in [2.45, 2.75) is 39.3 Å². The third kappa shape index (κ3) is 4.51. The summed E-state index contributed by atoms with van der Waals surface area (Å²) < 4.78 is 5.94. The van der Waals surface area contributed by atoms with Crippen molar-refractivity contribution >= 4 is 22.8 Å². The molecule has 0 unspecified atom stereocenters. The van der Waals surface area contributed by atoms with Crippen molar-refractivity contribution in [1.82, 2.24) is 10.2 Å². The van der Waals surface area contributed by atoms with Crippen LogP contribution in [0, 0.1) is 5.92 Å². The number of carboxylic acid groups (broad SMARTS) is 1. The lowest BCUT2D eigenvalue weighted by Gasteiger charge is -2.30. The molecule has 1 fully saturated rings. The number of hydrogen-bond acceptors (Lipinski definition) is 3. The summed E-state index contributed by atoms with van der Waals surface area (Å²) in [5.74, 6) is -0.354. The van der Waals surface area contributed by atoms with Gasteiger partial charge in [-0.15, -0.1) is 0 Å². The predicted molar refractivity (Wildman–Crippen MR) is 104 cm³/mol. The third-order valence-corrected chi connectivity index (χ3v) is 4.91. The van der Waals surface area contributed by atoms with Crippen LogP contribution in [-0.2, 0) is 11.3 Å². The van der Waals surface area contributed by atoms with E-state index in [1.165, 1.54) is 0 Å². The summed E-state index contributed by atoms with van der Waals surface area (Å²) in [5.41, 5.74) is 0.954. The van der Waals surface area contributed by atoms with Crippen molar-refractivity contribution in [3.05, 3.63) is 42.0 Å². The van der Waals surface area contributed by atoms with Crippen LogP contribution in [0.2, 0.25) is 0 Å². The summed E-state index contributed by atoms with van der Waals surface area (Å²) in [6, 6.07) is 11.8. The maximum atomic E-state index is 12.5. The van der Waals surface area contributed by atoms with Crippen LogP contribution in [0.25, 0.3) is 10.8 Å². The van der Waals surface area contributed by atoms with Crippen LogP contribution in [0.5, 0.6) is 5.75 Å². The van der Waals surface area contributed by atoms with Crippen molar-refractivity contribution in [2.75, 3.05) is 13.1 Å². The standard InChI is InChI=1S/C21H26N2O4/c1-14(2)27-19-8-7-15-5-3-4-6-17(15)18(19)13-22-21(26)23-11-9-16(10-12-23)20(24)25/h3-8,14,16H,9-13H2,1-2H3,(H,22,26)(H,24,25). The van der Waals surface area contributed by atoms with Gasteiger partial charge in [0, 0.05) is 25.2 Å². The Labute approximate surface area is 159 Å². The maximum absolute atomic E-state index is 12.5. The molecule has 1 saturated heterocycles. The number of nitrogens with one attached hydrogen (secondary N) is 1. The van der Waals surface area contributed by atoms with Gasteiger partial charge in [0.15, 0.2) is 0 Å². The molecular weight excluding hydrogens is 344 g/mol. The van der Waals surface area contributed by atoms with Crippen LogP contribution in [0.4, 0.5) is 4.79 Å². The van der Waals surface area contributed by atoms with Crippen LogP contribution >= 0.6 is 0 Å². The molecule has 0 bridgehead atoms. The van der Waals surface area contributed by atoms with E-state index < -0.39 is 5.97 Å². The van der Waals surface area contributed by atoms with Gasteiger partial charge in [-0.3, -0.25) is 4.79 Å². The highest BCUT2D eigenvalue weighted by Gasteiger charge is 2.27. The Balaban J connectivity index is 1.72. The molecule has 2 amide bonds. The quantitative estimate of drug-likeness (QED) is 0.842. The van der Waals surface area contributed by atoms with E-state index in [0.717, 1.165) is 22.1 Å². The number of carbonyl (C=O) groups is 2. The van der Waals surface area contributed by atoms with E-state index >= 15 is 0 Å². The Bertz CT molecular complexity index is 826. The number of carboxylic acids is 1. The number of aliphatic carboxylic acids is 1. The molecule has 0 atom stereocenters. The zero-order chi connectivity index (χ0) is 19.4. The summed E-state index contributed by atoms with van der Waals surface area (Å²) in [7, 11) is 0. The van der Waals surface area contributed by atoms with Crippen molar-refractivity contribution < 1.29 is 19.4 Å². The van der Waals surface area contributed by atoms with Gasteiger partial charge in [-0.2, -0.15) is 0 Å². The summed E-state index contributed by atoms with van der Waals surface area (Å²) in [6.07, 6.45) is 1.04. The minimum atomic E-state index is -0.777. The van der Waals surface area contributed by atoms with Crippen molar-refractivity contribution in [3.63, 3.8) is 0 Å². The largest absolute Gasteiger partial charge is 0.491 e. The van der Waals surface area contributed by atoms with Crippen LogP contribution in [0.1, 0.15) is 32.3 Å². The van der Waals surface area contributed by atoms with E-state index in [1.54, 1.807) is 4.90 Å². The summed E-state index contributed by atoms with van der Waals surface area (Å²) >= 11 is 0. The molecule has 1 aliphatic heterocycles. The molecule has 1 aliphatic rings. The molecule has 0 spiro atoms. The average molecular weight is 370 g/mol. The Hall–Kier alpha value is -2.76. The van der Waals surface area contributed by atoms with E-state index in [4.69, 9.17) is 9.84 Å². The van der Waals surface area contributed by atoms with Crippen LogP contribution in [-0.4, -0.2) is 41.2 Å². The number of rotatable bonds is 5. The SMILES string of the molecule is CC(C)Oc1ccc2ccccc2c1CNC(=O)N1CCC(C(=O)O)CC1. The molecule has 27 heavy (non-hydrogen) atoms. The average Bonchev–Trinajstić information content (AvgIpc) is 2.66. The van der Waals surface area contributed by atoms with Crippen LogP contribution < -0.4 is 10.1 Å². The van der Waals surface area contributed by atoms with Crippen molar-refractivity contribution in [2.24, 2.45) is 5.92 Å². The minimum Gasteiger partial charge on any atom is -0.491 e. The van der Waals surface area contributed by atoms with E-state index in [-0.39, 0.29) is 18.1 Å². The first-order valence-corrected chi connectivity index (χ1v) is 9.38. The Kier molecular flexibility index (Phi) is 5.84. The number of fused-ring (bicyclic) bond motifs is 1. The smallest absolute Gasteiger partial charge is 0.317 e. The monoisotopic (exact) mass is 370 g/mol. The first-order chi connectivity index (χ1) is 13.0. The number of urea groups is 1. The summed E-state index contributed by atoms with van der Waals surface area (Å²) in [4.78, 5) is 25.3. The van der Waals surface area contributed by atoms with Crippen molar-refractivity contribution in [3.8, 4) is 5.75 Å². The molecule has 1 heterocycles. The number of amides is 2. The number of piperidine rings is 1. The van der Waals surface area contributed by atoms with Gasteiger partial charge in [-0.25, -0.2) is 4.79 Å². The van der Waals surface area contributed by atoms with Gasteiger partial charge < -0.3 is 20.1 Å². The lowest BCUT2D eigenvalue weighted by molar-refractivity contribution is -0.143. The van der Waals surface area contributed by atoms with E-state index in [1.807, 2.05) is 50.2 Å². The minimum absolute atomic E-state index is 0.0376. The summed E-state index contributed by atoms with van der Waals surface area (Å²) in [5, 5.41) is 14.2. The lowest BCUT2D eigenvalue weighted by Crippen LogP contribution is -2.45. The van der Waals surface area contributed by atoms with E-state index in [2.05, 4.69) is 5.32 Å². The van der Waals surface area contributed by atoms with Gasteiger partial charge in [0.05, 0.1) is 12.0 Å². The fourth-order valence-electron chi connectivity index (χ4n) is 3.47. The number of hydrogen-bond donors (Lipinski definition) is 2. The van der Waals surface area contributed by atoms with Crippen molar-refractivity contribution in [1.29, 1.82) is 0 Å². The molecule has 0 saturated carbocycles. The highest BCUT2D eigenvalue weighted by molar-refractivity contribution is 5.88. The Morgan fingerprint density at radius 1 is 1.19 bits per heavy atom. The van der Waals surface area contributed by atoms with E-state index in [0.29, 0.717) is 32.5 Å². The fourth-order valence-corrected chi connectivity index (χ4v) is 3.47. The molecule has 6 heteroatoms. The molecule has 144 valence electrons. The fraction of sp³-hybridized carbons (Fsp3) is 0.429. The number of likely N-dealkylation sites (tertiary alicyclic amines) is 1. The Morgan fingerprint density at radius 3 is 2.56 bits per heavy atom. The highest BCUT2D eigenvalue weighted by atomic mass is 16.5. The van der Waals surface area contributed by atoms with Crippen LogP contribution in [0.15, 0.2) is 36.4 Å². The number of benzene rings is 2. The second-order valence-corrected chi connectivity index (χ2v) is 7.19. The third-order valence-electron chi connectivity index (χ3n) is 4.91. The molecule has 2 N–H and O–H groups in total. The van der Waals surface area contributed by atoms with Crippen LogP contribution in [0.3, 0.4) is 0 Å². The number of ether oxygens (including phenoxy) is 1. The van der Waals surface area contributed by atoms with E-state index in [9.17, 15) is 9.59 Å². The zero-order valence-corrected chi connectivity index (χ0v) is 15.8. The molecule has 6 nitrogen and oxygen atoms in total. The van der Waals surface area contributed by atoms with Gasteiger partial charge in [0.25, 0.3) is 0 Å². The predicted octanol–water partition coefficient (Wildman–Crippen LogP) is 3.63. The molecule has 0 aliphatic carbocycles. The Morgan fingerprint density at radius 2 is 1.89 bits per heavy atom. The molecule has 2 aromatic carbocycles. The second kappa shape index (κ2) is 8.29. The molecule has 0 aromatic heterocycles. The van der Waals surface area contributed by atoms with Gasteiger partial charge >= 0.3 is 12.0 Å². The topological polar surface area (TPSA) is 78.9 Å².